The third-order valence-electron chi connectivity index (χ3n) is 3.97. The molecule has 0 bridgehead atoms. The number of hydrogen-bond acceptors (Lipinski definition) is 1. The van der Waals surface area contributed by atoms with Crippen molar-refractivity contribution in [3.63, 3.8) is 0 Å². The lowest BCUT2D eigenvalue weighted by atomic mass is 9.84. The van der Waals surface area contributed by atoms with Crippen LogP contribution in [-0.2, 0) is 0 Å². The summed E-state index contributed by atoms with van der Waals surface area (Å²) in [5.74, 6) is 0.953. The standard InChI is InChI=1S/C15H22ClN/c1-3-12-5-8-13(9-6-12)17-14-7-4-11(2)15(16)10-14/h4,7,10,12-13,17H,3,5-6,8-9H2,1-2H3. The summed E-state index contributed by atoms with van der Waals surface area (Å²) in [6.07, 6.45) is 6.67. The van der Waals surface area contributed by atoms with E-state index in [9.17, 15) is 0 Å². The number of anilines is 1. The Labute approximate surface area is 110 Å². The first-order valence-electron chi connectivity index (χ1n) is 6.71. The molecule has 94 valence electrons. The average Bonchev–Trinajstić information content (AvgIpc) is 2.35. The molecule has 1 N–H and O–H groups in total. The summed E-state index contributed by atoms with van der Waals surface area (Å²) in [5.41, 5.74) is 2.31. The van der Waals surface area contributed by atoms with Crippen molar-refractivity contribution in [1.29, 1.82) is 0 Å². The molecule has 0 atom stereocenters. The highest BCUT2D eigenvalue weighted by atomic mass is 35.5. The van der Waals surface area contributed by atoms with Gasteiger partial charge in [-0.2, -0.15) is 0 Å². The van der Waals surface area contributed by atoms with Gasteiger partial charge in [-0.05, 0) is 56.2 Å². The Morgan fingerprint density at radius 2 is 1.94 bits per heavy atom. The molecule has 17 heavy (non-hydrogen) atoms. The Bertz CT molecular complexity index is 367. The van der Waals surface area contributed by atoms with E-state index in [1.165, 1.54) is 37.8 Å². The van der Waals surface area contributed by atoms with Crippen LogP contribution < -0.4 is 5.32 Å². The van der Waals surface area contributed by atoms with Gasteiger partial charge in [0.1, 0.15) is 0 Å². The van der Waals surface area contributed by atoms with Crippen molar-refractivity contribution in [2.24, 2.45) is 5.92 Å². The highest BCUT2D eigenvalue weighted by Crippen LogP contribution is 2.29. The molecule has 1 aliphatic rings. The fourth-order valence-corrected chi connectivity index (χ4v) is 2.81. The minimum atomic E-state index is 0.636. The summed E-state index contributed by atoms with van der Waals surface area (Å²) in [7, 11) is 0. The van der Waals surface area contributed by atoms with E-state index in [2.05, 4.69) is 24.4 Å². The molecule has 1 aliphatic carbocycles. The second kappa shape index (κ2) is 5.77. The van der Waals surface area contributed by atoms with Crippen LogP contribution >= 0.6 is 11.6 Å². The van der Waals surface area contributed by atoms with Crippen molar-refractivity contribution in [2.75, 3.05) is 5.32 Å². The number of rotatable bonds is 3. The van der Waals surface area contributed by atoms with Gasteiger partial charge >= 0.3 is 0 Å². The molecule has 1 aromatic carbocycles. The van der Waals surface area contributed by atoms with E-state index in [-0.39, 0.29) is 0 Å². The minimum absolute atomic E-state index is 0.636. The smallest absolute Gasteiger partial charge is 0.0455 e. The van der Waals surface area contributed by atoms with Gasteiger partial charge < -0.3 is 5.32 Å². The van der Waals surface area contributed by atoms with E-state index < -0.39 is 0 Å². The molecule has 1 aromatic rings. The molecule has 2 rings (SSSR count). The number of nitrogens with one attached hydrogen (secondary N) is 1. The summed E-state index contributed by atoms with van der Waals surface area (Å²) >= 11 is 6.14. The van der Waals surface area contributed by atoms with Crippen molar-refractivity contribution in [1.82, 2.24) is 0 Å². The van der Waals surface area contributed by atoms with Crippen molar-refractivity contribution in [3.8, 4) is 0 Å². The largest absolute Gasteiger partial charge is 0.382 e. The molecule has 0 amide bonds. The second-order valence-corrected chi connectivity index (χ2v) is 5.64. The monoisotopic (exact) mass is 251 g/mol. The van der Waals surface area contributed by atoms with Crippen molar-refractivity contribution >= 4 is 17.3 Å². The van der Waals surface area contributed by atoms with E-state index in [1.807, 2.05) is 13.0 Å². The van der Waals surface area contributed by atoms with Gasteiger partial charge in [0.2, 0.25) is 0 Å². The third kappa shape index (κ3) is 3.38. The predicted molar refractivity (Wildman–Crippen MR) is 75.8 cm³/mol. The predicted octanol–water partition coefficient (Wildman–Crippen LogP) is 5.03. The summed E-state index contributed by atoms with van der Waals surface area (Å²) in [4.78, 5) is 0. The lowest BCUT2D eigenvalue weighted by molar-refractivity contribution is 0.330. The molecule has 2 heteroatoms. The first kappa shape index (κ1) is 12.8. The van der Waals surface area contributed by atoms with Crippen LogP contribution in [0.1, 0.15) is 44.6 Å². The Morgan fingerprint density at radius 1 is 1.24 bits per heavy atom. The quantitative estimate of drug-likeness (QED) is 0.795. The zero-order valence-corrected chi connectivity index (χ0v) is 11.6. The molecule has 1 nitrogen and oxygen atoms in total. The van der Waals surface area contributed by atoms with Crippen LogP contribution in [0.2, 0.25) is 5.02 Å². The fraction of sp³-hybridized carbons (Fsp3) is 0.600. The Hall–Kier alpha value is -0.690. The first-order valence-corrected chi connectivity index (χ1v) is 7.09. The fourth-order valence-electron chi connectivity index (χ4n) is 2.63. The van der Waals surface area contributed by atoms with Crippen LogP contribution in [0.25, 0.3) is 0 Å². The van der Waals surface area contributed by atoms with Crippen LogP contribution in [0.4, 0.5) is 5.69 Å². The molecule has 0 heterocycles. The van der Waals surface area contributed by atoms with Crippen molar-refractivity contribution < 1.29 is 0 Å². The van der Waals surface area contributed by atoms with Gasteiger partial charge in [-0.3, -0.25) is 0 Å². The summed E-state index contributed by atoms with van der Waals surface area (Å²) in [5, 5.41) is 4.47. The summed E-state index contributed by atoms with van der Waals surface area (Å²) in [6.45, 7) is 4.34. The lowest BCUT2D eigenvalue weighted by Gasteiger charge is -2.29. The molecule has 1 saturated carbocycles. The highest BCUT2D eigenvalue weighted by Gasteiger charge is 2.19. The molecule has 1 fully saturated rings. The maximum absolute atomic E-state index is 6.14. The Balaban J connectivity index is 1.91. The van der Waals surface area contributed by atoms with E-state index in [0.717, 1.165) is 16.5 Å². The van der Waals surface area contributed by atoms with E-state index in [4.69, 9.17) is 11.6 Å². The average molecular weight is 252 g/mol. The van der Waals surface area contributed by atoms with E-state index in [1.54, 1.807) is 0 Å². The molecule has 0 unspecified atom stereocenters. The van der Waals surface area contributed by atoms with Gasteiger partial charge in [0, 0.05) is 16.8 Å². The minimum Gasteiger partial charge on any atom is -0.382 e. The van der Waals surface area contributed by atoms with E-state index >= 15 is 0 Å². The van der Waals surface area contributed by atoms with Crippen LogP contribution in [0.15, 0.2) is 18.2 Å². The van der Waals surface area contributed by atoms with Crippen LogP contribution in [0, 0.1) is 12.8 Å². The second-order valence-electron chi connectivity index (χ2n) is 5.23. The molecular formula is C15H22ClN. The van der Waals surface area contributed by atoms with Gasteiger partial charge in [-0.15, -0.1) is 0 Å². The zero-order chi connectivity index (χ0) is 12.3. The summed E-state index contributed by atoms with van der Waals surface area (Å²) in [6, 6.07) is 6.90. The molecule has 0 radical (unpaired) electrons. The number of halogens is 1. The first-order chi connectivity index (χ1) is 8.19. The van der Waals surface area contributed by atoms with Gasteiger partial charge in [-0.1, -0.05) is 31.0 Å². The van der Waals surface area contributed by atoms with Crippen molar-refractivity contribution in [3.05, 3.63) is 28.8 Å². The SMILES string of the molecule is CCC1CCC(Nc2ccc(C)c(Cl)c2)CC1. The Morgan fingerprint density at radius 3 is 2.53 bits per heavy atom. The highest BCUT2D eigenvalue weighted by molar-refractivity contribution is 6.31. The zero-order valence-electron chi connectivity index (χ0n) is 10.8. The van der Waals surface area contributed by atoms with Gasteiger partial charge in [0.25, 0.3) is 0 Å². The molecular weight excluding hydrogens is 230 g/mol. The Kier molecular flexibility index (Phi) is 4.33. The maximum Gasteiger partial charge on any atom is 0.0455 e. The van der Waals surface area contributed by atoms with Crippen LogP contribution in [0.3, 0.4) is 0 Å². The molecule has 0 spiro atoms. The molecule has 0 aromatic heterocycles. The number of aryl methyl sites for hydroxylation is 1. The topological polar surface area (TPSA) is 12.0 Å². The van der Waals surface area contributed by atoms with Crippen LogP contribution in [0.5, 0.6) is 0 Å². The van der Waals surface area contributed by atoms with Gasteiger partial charge in [0.15, 0.2) is 0 Å². The van der Waals surface area contributed by atoms with Crippen molar-refractivity contribution in [2.45, 2.75) is 52.0 Å². The summed E-state index contributed by atoms with van der Waals surface area (Å²) < 4.78 is 0. The maximum atomic E-state index is 6.14. The van der Waals surface area contributed by atoms with Gasteiger partial charge in [-0.25, -0.2) is 0 Å². The number of hydrogen-bond donors (Lipinski definition) is 1. The van der Waals surface area contributed by atoms with Gasteiger partial charge in [0.05, 0.1) is 0 Å². The molecule has 0 saturated heterocycles. The van der Waals surface area contributed by atoms with Crippen LogP contribution in [-0.4, -0.2) is 6.04 Å². The lowest BCUT2D eigenvalue weighted by Crippen LogP contribution is -2.25. The normalized spacial score (nSPS) is 24.6. The molecule has 0 aliphatic heterocycles. The third-order valence-corrected chi connectivity index (χ3v) is 4.37. The van der Waals surface area contributed by atoms with E-state index in [0.29, 0.717) is 6.04 Å². The number of benzene rings is 1.